The van der Waals surface area contributed by atoms with E-state index in [1.165, 1.54) is 19.3 Å². The molecule has 0 aromatic heterocycles. The number of halogens is 4. The Hall–Kier alpha value is -1.03. The van der Waals surface area contributed by atoms with E-state index < -0.39 is 12.8 Å². The Morgan fingerprint density at radius 1 is 1.12 bits per heavy atom. The highest BCUT2D eigenvalue weighted by Gasteiger charge is 2.27. The Morgan fingerprint density at radius 3 is 2.32 bits per heavy atom. The van der Waals surface area contributed by atoms with Gasteiger partial charge in [0.1, 0.15) is 6.61 Å². The first-order valence-electron chi connectivity index (χ1n) is 8.21. The van der Waals surface area contributed by atoms with Gasteiger partial charge in [-0.05, 0) is 24.0 Å². The van der Waals surface area contributed by atoms with Gasteiger partial charge in [-0.2, -0.15) is 13.2 Å². The number of rotatable bonds is 6. The van der Waals surface area contributed by atoms with Crippen LogP contribution in [0, 0.1) is 0 Å². The maximum absolute atomic E-state index is 12.0. The molecule has 2 rings (SSSR count). The standard InChI is InChI=1S/C17H24F3N3O.HI/c18-17(19,20)12-24-11-14-8-6-13(7-9-14)10-22-16(21)23-15-4-2-1-3-5-15;/h6-9,15H,1-5,10-12H2,(H3,21,22,23);1H. The highest BCUT2D eigenvalue weighted by molar-refractivity contribution is 14.0. The first-order chi connectivity index (χ1) is 11.4. The third-order valence-electron chi connectivity index (χ3n) is 3.95. The average molecular weight is 471 g/mol. The molecule has 0 spiro atoms. The summed E-state index contributed by atoms with van der Waals surface area (Å²) in [5.41, 5.74) is 7.54. The number of nitrogens with two attached hydrogens (primary N) is 1. The first kappa shape index (κ1) is 22.0. The summed E-state index contributed by atoms with van der Waals surface area (Å²) in [6.07, 6.45) is 1.70. The number of ether oxygens (including phenoxy) is 1. The van der Waals surface area contributed by atoms with Crippen LogP contribution in [0.4, 0.5) is 13.2 Å². The molecule has 1 aromatic carbocycles. The quantitative estimate of drug-likeness (QED) is 0.373. The fraction of sp³-hybridized carbons (Fsp3) is 0.588. The maximum atomic E-state index is 12.0. The molecule has 0 heterocycles. The van der Waals surface area contributed by atoms with Crippen molar-refractivity contribution in [2.24, 2.45) is 10.7 Å². The average Bonchev–Trinajstić information content (AvgIpc) is 2.54. The molecule has 3 N–H and O–H groups in total. The van der Waals surface area contributed by atoms with Crippen molar-refractivity contribution in [3.05, 3.63) is 35.4 Å². The van der Waals surface area contributed by atoms with Crippen molar-refractivity contribution < 1.29 is 17.9 Å². The largest absolute Gasteiger partial charge is 0.411 e. The van der Waals surface area contributed by atoms with E-state index in [1.54, 1.807) is 12.1 Å². The second kappa shape index (κ2) is 10.8. The summed E-state index contributed by atoms with van der Waals surface area (Å²) in [4.78, 5) is 4.32. The molecule has 1 saturated carbocycles. The van der Waals surface area contributed by atoms with E-state index in [1.807, 2.05) is 12.1 Å². The number of aliphatic imine (C=N–C) groups is 1. The van der Waals surface area contributed by atoms with Crippen molar-refractivity contribution in [3.8, 4) is 0 Å². The maximum Gasteiger partial charge on any atom is 0.411 e. The monoisotopic (exact) mass is 471 g/mol. The summed E-state index contributed by atoms with van der Waals surface area (Å²) in [6.45, 7) is -0.855. The van der Waals surface area contributed by atoms with E-state index in [0.717, 1.165) is 18.4 Å². The number of benzene rings is 1. The molecule has 0 unspecified atom stereocenters. The van der Waals surface area contributed by atoms with Crippen molar-refractivity contribution >= 4 is 29.9 Å². The van der Waals surface area contributed by atoms with E-state index in [-0.39, 0.29) is 30.6 Å². The molecule has 1 aromatic rings. The van der Waals surface area contributed by atoms with Gasteiger partial charge in [0.2, 0.25) is 0 Å². The second-order valence-corrected chi connectivity index (χ2v) is 6.11. The molecule has 0 saturated heterocycles. The number of alkyl halides is 3. The molecule has 8 heteroatoms. The van der Waals surface area contributed by atoms with Crippen LogP contribution < -0.4 is 11.1 Å². The predicted octanol–water partition coefficient (Wildman–Crippen LogP) is 4.12. The Morgan fingerprint density at radius 2 is 1.72 bits per heavy atom. The first-order valence-corrected chi connectivity index (χ1v) is 8.21. The van der Waals surface area contributed by atoms with E-state index in [2.05, 4.69) is 15.0 Å². The predicted molar refractivity (Wildman–Crippen MR) is 103 cm³/mol. The number of hydrogen-bond donors (Lipinski definition) is 2. The molecule has 25 heavy (non-hydrogen) atoms. The fourth-order valence-corrected chi connectivity index (χ4v) is 2.70. The third-order valence-corrected chi connectivity index (χ3v) is 3.95. The zero-order chi connectivity index (χ0) is 17.4. The van der Waals surface area contributed by atoms with Crippen LogP contribution in [0.5, 0.6) is 0 Å². The summed E-state index contributed by atoms with van der Waals surface area (Å²) in [6, 6.07) is 7.54. The van der Waals surface area contributed by atoms with Gasteiger partial charge in [-0.15, -0.1) is 24.0 Å². The van der Waals surface area contributed by atoms with E-state index in [4.69, 9.17) is 5.73 Å². The van der Waals surface area contributed by atoms with Crippen LogP contribution in [-0.2, 0) is 17.9 Å². The lowest BCUT2D eigenvalue weighted by Gasteiger charge is -2.23. The van der Waals surface area contributed by atoms with Crippen LogP contribution in [0.1, 0.15) is 43.2 Å². The zero-order valence-electron chi connectivity index (χ0n) is 14.0. The Balaban J connectivity index is 0.00000312. The molecule has 1 aliphatic carbocycles. The fourth-order valence-electron chi connectivity index (χ4n) is 2.70. The Bertz CT molecular complexity index is 529. The normalized spacial score (nSPS) is 16.4. The lowest BCUT2D eigenvalue weighted by Crippen LogP contribution is -2.41. The minimum absolute atomic E-state index is 0. The van der Waals surface area contributed by atoms with Crippen LogP contribution in [0.15, 0.2) is 29.3 Å². The van der Waals surface area contributed by atoms with Gasteiger partial charge in [-0.1, -0.05) is 43.5 Å². The van der Waals surface area contributed by atoms with E-state index >= 15 is 0 Å². The van der Waals surface area contributed by atoms with E-state index in [9.17, 15) is 13.2 Å². The van der Waals surface area contributed by atoms with Crippen LogP contribution in [0.2, 0.25) is 0 Å². The van der Waals surface area contributed by atoms with Crippen LogP contribution in [-0.4, -0.2) is 24.8 Å². The smallest absolute Gasteiger partial charge is 0.370 e. The number of nitrogens with one attached hydrogen (secondary N) is 1. The zero-order valence-corrected chi connectivity index (χ0v) is 16.3. The van der Waals surface area contributed by atoms with Crippen molar-refractivity contribution in [1.82, 2.24) is 5.32 Å². The number of nitrogens with zero attached hydrogens (tertiary/aromatic N) is 1. The summed E-state index contributed by atoms with van der Waals surface area (Å²) in [5.74, 6) is 0.444. The van der Waals surface area contributed by atoms with Gasteiger partial charge in [0, 0.05) is 6.04 Å². The molecule has 4 nitrogen and oxygen atoms in total. The molecule has 142 valence electrons. The van der Waals surface area contributed by atoms with Gasteiger partial charge in [-0.25, -0.2) is 4.99 Å². The highest BCUT2D eigenvalue weighted by Crippen LogP contribution is 2.17. The molecule has 0 atom stereocenters. The van der Waals surface area contributed by atoms with Gasteiger partial charge in [0.25, 0.3) is 0 Å². The third kappa shape index (κ3) is 9.29. The van der Waals surface area contributed by atoms with Gasteiger partial charge in [0.05, 0.1) is 13.2 Å². The van der Waals surface area contributed by atoms with Crippen LogP contribution in [0.3, 0.4) is 0 Å². The van der Waals surface area contributed by atoms with Crippen molar-refractivity contribution in [2.45, 2.75) is 57.5 Å². The SMILES string of the molecule is I.NC(=NCc1ccc(COCC(F)(F)F)cc1)NC1CCCCC1. The summed E-state index contributed by atoms with van der Waals surface area (Å²) < 4.78 is 40.7. The van der Waals surface area contributed by atoms with Crippen molar-refractivity contribution in [2.75, 3.05) is 6.61 Å². The van der Waals surface area contributed by atoms with Gasteiger partial charge < -0.3 is 15.8 Å². The molecule has 0 radical (unpaired) electrons. The molecule has 0 amide bonds. The summed E-state index contributed by atoms with van der Waals surface area (Å²) in [5, 5.41) is 3.24. The molecular weight excluding hydrogens is 446 g/mol. The molecule has 0 bridgehead atoms. The number of guanidine groups is 1. The van der Waals surface area contributed by atoms with E-state index in [0.29, 0.717) is 24.1 Å². The minimum atomic E-state index is -4.29. The van der Waals surface area contributed by atoms with Gasteiger partial charge in [-0.3, -0.25) is 0 Å². The Kier molecular flexibility index (Phi) is 9.55. The minimum Gasteiger partial charge on any atom is -0.370 e. The van der Waals surface area contributed by atoms with Crippen molar-refractivity contribution in [3.63, 3.8) is 0 Å². The van der Waals surface area contributed by atoms with Crippen LogP contribution in [0.25, 0.3) is 0 Å². The number of hydrogen-bond acceptors (Lipinski definition) is 2. The topological polar surface area (TPSA) is 59.6 Å². The molecule has 0 aliphatic heterocycles. The van der Waals surface area contributed by atoms with Crippen LogP contribution >= 0.6 is 24.0 Å². The lowest BCUT2D eigenvalue weighted by molar-refractivity contribution is -0.176. The molecular formula is C17H25F3IN3O. The van der Waals surface area contributed by atoms with Crippen molar-refractivity contribution in [1.29, 1.82) is 0 Å². The second-order valence-electron chi connectivity index (χ2n) is 6.11. The molecule has 1 aliphatic rings. The van der Waals surface area contributed by atoms with Gasteiger partial charge in [0.15, 0.2) is 5.96 Å². The summed E-state index contributed by atoms with van der Waals surface area (Å²) in [7, 11) is 0. The molecule has 1 fully saturated rings. The lowest BCUT2D eigenvalue weighted by atomic mass is 9.96. The Labute approximate surface area is 163 Å². The van der Waals surface area contributed by atoms with Gasteiger partial charge >= 0.3 is 6.18 Å². The summed E-state index contributed by atoms with van der Waals surface area (Å²) >= 11 is 0. The highest BCUT2D eigenvalue weighted by atomic mass is 127.